The van der Waals surface area contributed by atoms with Crippen molar-refractivity contribution in [3.05, 3.63) is 0 Å². The van der Waals surface area contributed by atoms with Gasteiger partial charge in [0, 0.05) is 0 Å². The molecule has 0 nitrogen and oxygen atoms in total. The van der Waals surface area contributed by atoms with Crippen molar-refractivity contribution in [1.82, 2.24) is 0 Å². The Morgan fingerprint density at radius 2 is 0.654 bits per heavy atom. The number of rotatable bonds is 22. The largest absolute Gasteiger partial charge is 0.107 e. The topological polar surface area (TPSA) is 0 Å². The van der Waals surface area contributed by atoms with Crippen molar-refractivity contribution in [2.45, 2.75) is 142 Å². The summed E-state index contributed by atoms with van der Waals surface area (Å²) < 4.78 is 0. The third-order valence-corrected chi connectivity index (χ3v) is 7.81. The van der Waals surface area contributed by atoms with Gasteiger partial charge in [-0.05, 0) is 30.7 Å². The predicted molar refractivity (Wildman–Crippen MR) is 127 cm³/mol. The maximum atomic E-state index is 2.43. The maximum Gasteiger partial charge on any atom is 0.107 e. The van der Waals surface area contributed by atoms with Gasteiger partial charge in [-0.15, -0.1) is 0 Å². The van der Waals surface area contributed by atoms with E-state index < -0.39 is 0 Å². The van der Waals surface area contributed by atoms with E-state index in [1.165, 1.54) is 140 Å². The highest BCUT2D eigenvalue weighted by Gasteiger charge is 2.05. The van der Waals surface area contributed by atoms with Gasteiger partial charge in [0.15, 0.2) is 0 Å². The quantitative estimate of drug-likeness (QED) is 0.129. The van der Waals surface area contributed by atoms with Crippen LogP contribution in [-0.2, 0) is 10.9 Å². The molecule has 0 saturated carbocycles. The molecule has 0 heterocycles. The smallest absolute Gasteiger partial charge is 0.0654 e. The van der Waals surface area contributed by atoms with Gasteiger partial charge in [-0.3, -0.25) is 0 Å². The molecule has 0 amide bonds. The normalized spacial score (nSPS) is 12.6. The Labute approximate surface area is 171 Å². The van der Waals surface area contributed by atoms with E-state index in [9.17, 15) is 0 Å². The van der Waals surface area contributed by atoms with Crippen LogP contribution in [0.4, 0.5) is 0 Å². The van der Waals surface area contributed by atoms with Gasteiger partial charge in [0.05, 0.1) is 6.26 Å². The predicted octanol–water partition coefficient (Wildman–Crippen LogP) is 9.08. The molecule has 158 valence electrons. The lowest BCUT2D eigenvalue weighted by molar-refractivity contribution is 0.523. The zero-order valence-electron chi connectivity index (χ0n) is 19.0. The van der Waals surface area contributed by atoms with Crippen LogP contribution in [0.1, 0.15) is 142 Å². The minimum atomic E-state index is 0.704. The van der Waals surface area contributed by atoms with E-state index in [-0.39, 0.29) is 0 Å². The van der Waals surface area contributed by atoms with Crippen LogP contribution < -0.4 is 0 Å². The second kappa shape index (κ2) is 23.4. The molecule has 26 heavy (non-hydrogen) atoms. The Bertz CT molecular complexity index is 238. The summed E-state index contributed by atoms with van der Waals surface area (Å²) in [6, 6.07) is 0. The van der Waals surface area contributed by atoms with Gasteiger partial charge < -0.3 is 0 Å². The molecule has 0 fully saturated rings. The van der Waals surface area contributed by atoms with E-state index in [1.54, 1.807) is 0 Å². The second-order valence-corrected chi connectivity index (χ2v) is 11.0. The molecule has 1 unspecified atom stereocenters. The zero-order chi connectivity index (χ0) is 19.1. The fourth-order valence-electron chi connectivity index (χ4n) is 3.75. The fourth-order valence-corrected chi connectivity index (χ4v) is 4.73. The average molecular weight is 386 g/mol. The zero-order valence-corrected chi connectivity index (χ0v) is 19.8. The summed E-state index contributed by atoms with van der Waals surface area (Å²) in [5.41, 5.74) is 0. The van der Waals surface area contributed by atoms with Gasteiger partial charge in [0.2, 0.25) is 0 Å². The van der Waals surface area contributed by atoms with E-state index in [1.807, 2.05) is 0 Å². The summed E-state index contributed by atoms with van der Waals surface area (Å²) in [7, 11) is 0.704. The van der Waals surface area contributed by atoms with Crippen molar-refractivity contribution in [1.29, 1.82) is 0 Å². The van der Waals surface area contributed by atoms with Crippen LogP contribution in [0.2, 0.25) is 0 Å². The first kappa shape index (κ1) is 26.4. The van der Waals surface area contributed by atoms with Crippen LogP contribution in [-0.4, -0.2) is 17.8 Å². The first-order chi connectivity index (χ1) is 12.8. The lowest BCUT2D eigenvalue weighted by atomic mass is 10.0. The Morgan fingerprint density at radius 1 is 0.385 bits per heavy atom. The van der Waals surface area contributed by atoms with Gasteiger partial charge in [-0.1, -0.05) is 122 Å². The summed E-state index contributed by atoms with van der Waals surface area (Å²) >= 11 is 0. The number of unbranched alkanes of at least 4 members (excludes halogenated alkanes) is 19. The molecular weight excluding hydrogens is 332 g/mol. The van der Waals surface area contributed by atoms with Crippen molar-refractivity contribution in [3.8, 4) is 0 Å². The van der Waals surface area contributed by atoms with E-state index in [4.69, 9.17) is 0 Å². The third-order valence-electron chi connectivity index (χ3n) is 5.84. The second-order valence-electron chi connectivity index (χ2n) is 8.49. The molecule has 0 aromatic carbocycles. The molecule has 1 atom stereocenters. The maximum absolute atomic E-state index is 2.43. The molecule has 1 heteroatoms. The van der Waals surface area contributed by atoms with Crippen molar-refractivity contribution in [3.63, 3.8) is 0 Å². The van der Waals surface area contributed by atoms with Crippen molar-refractivity contribution >= 4 is 10.9 Å². The standard InChI is InChI=1S/C25H53S/c1-4-6-7-8-9-10-11-12-13-14-15-16-17-18-19-20-21-22-23-24-25-26(3)5-2/h4-25H2,1-3H3/q+1. The van der Waals surface area contributed by atoms with Crippen molar-refractivity contribution in [2.24, 2.45) is 0 Å². The molecule has 0 N–H and O–H groups in total. The minimum absolute atomic E-state index is 0.704. The lowest BCUT2D eigenvalue weighted by Crippen LogP contribution is -2.06. The van der Waals surface area contributed by atoms with Gasteiger partial charge in [-0.25, -0.2) is 0 Å². The molecule has 0 aliphatic rings. The molecule has 0 radical (unpaired) electrons. The summed E-state index contributed by atoms with van der Waals surface area (Å²) in [5.74, 6) is 2.87. The number of hydrogen-bond donors (Lipinski definition) is 0. The fraction of sp³-hybridized carbons (Fsp3) is 1.00. The first-order valence-corrected chi connectivity index (χ1v) is 14.4. The highest BCUT2D eigenvalue weighted by molar-refractivity contribution is 7.96. The molecular formula is C25H53S+. The molecule has 0 aromatic rings. The molecule has 0 aliphatic carbocycles. The lowest BCUT2D eigenvalue weighted by Gasteiger charge is -2.04. The number of hydrogen-bond acceptors (Lipinski definition) is 0. The van der Waals surface area contributed by atoms with Gasteiger partial charge >= 0.3 is 0 Å². The molecule has 0 aliphatic heterocycles. The highest BCUT2D eigenvalue weighted by Crippen LogP contribution is 2.14. The highest BCUT2D eigenvalue weighted by atomic mass is 32.2. The van der Waals surface area contributed by atoms with Crippen LogP contribution >= 0.6 is 0 Å². The van der Waals surface area contributed by atoms with Crippen LogP contribution in [0.5, 0.6) is 0 Å². The first-order valence-electron chi connectivity index (χ1n) is 12.4. The van der Waals surface area contributed by atoms with Crippen molar-refractivity contribution < 1.29 is 0 Å². The average Bonchev–Trinajstić information content (AvgIpc) is 2.66. The van der Waals surface area contributed by atoms with E-state index in [2.05, 4.69) is 20.1 Å². The third kappa shape index (κ3) is 22.4. The molecule has 0 saturated heterocycles. The summed E-state index contributed by atoms with van der Waals surface area (Å²) in [5, 5.41) is 0. The molecule has 0 aromatic heterocycles. The minimum Gasteiger partial charge on any atom is -0.0654 e. The SMILES string of the molecule is CCCCCCCCCCCCCCCCCCCCCC[S+](C)CC. The van der Waals surface area contributed by atoms with E-state index in [0.29, 0.717) is 10.9 Å². The Kier molecular flexibility index (Phi) is 23.7. The van der Waals surface area contributed by atoms with Crippen LogP contribution in [0.15, 0.2) is 0 Å². The van der Waals surface area contributed by atoms with Gasteiger partial charge in [0.1, 0.15) is 11.5 Å². The summed E-state index contributed by atoms with van der Waals surface area (Å²) in [6.45, 7) is 4.64. The Balaban J connectivity index is 2.99. The van der Waals surface area contributed by atoms with E-state index in [0.717, 1.165) is 0 Å². The molecule has 0 spiro atoms. The van der Waals surface area contributed by atoms with E-state index >= 15 is 0 Å². The van der Waals surface area contributed by atoms with Gasteiger partial charge in [-0.2, -0.15) is 0 Å². The molecule has 0 bridgehead atoms. The Morgan fingerprint density at radius 3 is 0.923 bits per heavy atom. The summed E-state index contributed by atoms with van der Waals surface area (Å²) in [6.07, 6.45) is 32.0. The van der Waals surface area contributed by atoms with Crippen molar-refractivity contribution in [2.75, 3.05) is 17.8 Å². The Hall–Kier alpha value is 0.350. The van der Waals surface area contributed by atoms with Crippen LogP contribution in [0.3, 0.4) is 0 Å². The van der Waals surface area contributed by atoms with Gasteiger partial charge in [0.25, 0.3) is 0 Å². The summed E-state index contributed by atoms with van der Waals surface area (Å²) in [4.78, 5) is 0. The molecule has 0 rings (SSSR count). The van der Waals surface area contributed by atoms with Crippen LogP contribution in [0, 0.1) is 0 Å². The van der Waals surface area contributed by atoms with Crippen LogP contribution in [0.25, 0.3) is 0 Å². The monoisotopic (exact) mass is 385 g/mol.